The minimum Gasteiger partial charge on any atom is -0.336 e. The van der Waals surface area contributed by atoms with Gasteiger partial charge in [0.05, 0.1) is 12.1 Å². The molecule has 4 aliphatic rings. The Balaban J connectivity index is 1.66. The highest BCUT2D eigenvalue weighted by Crippen LogP contribution is 2.67. The molecule has 2 saturated carbocycles. The monoisotopic (exact) mass is 640 g/mol. The van der Waals surface area contributed by atoms with E-state index in [4.69, 9.17) is 0 Å². The molecule has 1 amide bonds. The van der Waals surface area contributed by atoms with Crippen molar-refractivity contribution in [2.45, 2.75) is 139 Å². The van der Waals surface area contributed by atoms with Gasteiger partial charge in [-0.1, -0.05) is 74.0 Å². The highest BCUT2D eigenvalue weighted by molar-refractivity contribution is 6.04. The molecule has 46 heavy (non-hydrogen) atoms. The fourth-order valence-electron chi connectivity index (χ4n) is 10.3. The number of carbonyl (C=O) groups excluding carboxylic acids is 3. The fraction of sp³-hybridized carbons (Fsp3) is 0.795. The van der Waals surface area contributed by atoms with Crippen molar-refractivity contribution < 1.29 is 23.2 Å². The zero-order chi connectivity index (χ0) is 34.7. The molecule has 4 rings (SSSR count). The van der Waals surface area contributed by atoms with E-state index < -0.39 is 23.3 Å². The van der Waals surface area contributed by atoms with E-state index in [0.29, 0.717) is 18.8 Å². The van der Waals surface area contributed by atoms with E-state index in [0.717, 1.165) is 50.5 Å². The lowest BCUT2D eigenvalue weighted by Crippen LogP contribution is -2.56. The maximum absolute atomic E-state index is 13.9. The summed E-state index contributed by atoms with van der Waals surface area (Å²) in [6, 6.07) is 2.17. The number of Topliss-reactive ketones (excluding diaryl/α,β-unsaturated/α-hetero) is 1. The predicted molar refractivity (Wildman–Crippen MR) is 178 cm³/mol. The number of nitrogens with zero attached hydrogens (tertiary/aromatic N) is 2. The zero-order valence-electron chi connectivity index (χ0n) is 30.2. The molecule has 0 N–H and O–H groups in total. The third-order valence-corrected chi connectivity index (χ3v) is 13.7. The van der Waals surface area contributed by atoms with E-state index in [9.17, 15) is 28.4 Å². The predicted octanol–water partition coefficient (Wildman–Crippen LogP) is 9.27. The summed E-state index contributed by atoms with van der Waals surface area (Å²) in [5.74, 6) is -2.77. The lowest BCUT2D eigenvalue weighted by Gasteiger charge is -2.61. The molecule has 1 aliphatic heterocycles. The first kappa shape index (κ1) is 36.5. The van der Waals surface area contributed by atoms with Gasteiger partial charge in [0, 0.05) is 30.2 Å². The van der Waals surface area contributed by atoms with Gasteiger partial charge in [-0.25, -0.2) is 8.78 Å². The first-order chi connectivity index (χ1) is 21.0. The quantitative estimate of drug-likeness (QED) is 0.248. The lowest BCUT2D eigenvalue weighted by atomic mass is 9.42. The van der Waals surface area contributed by atoms with Crippen LogP contribution in [-0.4, -0.2) is 41.4 Å². The van der Waals surface area contributed by atoms with Crippen molar-refractivity contribution in [2.75, 3.05) is 13.1 Å². The summed E-state index contributed by atoms with van der Waals surface area (Å²) in [4.78, 5) is 40.8. The average molecular weight is 641 g/mol. The molecule has 1 saturated heterocycles. The van der Waals surface area contributed by atoms with E-state index in [1.54, 1.807) is 13.0 Å². The third kappa shape index (κ3) is 6.40. The highest BCUT2D eigenvalue weighted by Gasteiger charge is 2.61. The van der Waals surface area contributed by atoms with Crippen molar-refractivity contribution in [3.05, 3.63) is 23.3 Å². The van der Waals surface area contributed by atoms with Crippen molar-refractivity contribution in [3.63, 3.8) is 0 Å². The van der Waals surface area contributed by atoms with E-state index >= 15 is 0 Å². The van der Waals surface area contributed by atoms with Crippen LogP contribution in [0.2, 0.25) is 0 Å². The number of likely N-dealkylation sites (tertiary alicyclic amines) is 1. The van der Waals surface area contributed by atoms with Crippen LogP contribution in [0, 0.1) is 55.7 Å². The Morgan fingerprint density at radius 2 is 1.72 bits per heavy atom. The summed E-state index contributed by atoms with van der Waals surface area (Å²) in [6.45, 7) is 21.0. The molecule has 5 nitrogen and oxygen atoms in total. The molecule has 0 aromatic carbocycles. The minimum atomic E-state index is -2.79. The van der Waals surface area contributed by atoms with Gasteiger partial charge in [-0.3, -0.25) is 14.4 Å². The number of amides is 1. The Bertz CT molecular complexity index is 1370. The van der Waals surface area contributed by atoms with Gasteiger partial charge in [0.15, 0.2) is 11.6 Å². The van der Waals surface area contributed by atoms with Crippen LogP contribution in [0.5, 0.6) is 0 Å². The minimum absolute atomic E-state index is 0.0324. The fourth-order valence-corrected chi connectivity index (χ4v) is 10.3. The lowest BCUT2D eigenvalue weighted by molar-refractivity contribution is -0.133. The van der Waals surface area contributed by atoms with Gasteiger partial charge in [-0.15, -0.1) is 0 Å². The summed E-state index contributed by atoms with van der Waals surface area (Å²) in [5, 5.41) is 9.97. The van der Waals surface area contributed by atoms with Crippen LogP contribution < -0.4 is 0 Å². The highest BCUT2D eigenvalue weighted by atomic mass is 19.3. The van der Waals surface area contributed by atoms with Crippen LogP contribution >= 0.6 is 0 Å². The molecule has 0 spiro atoms. The summed E-state index contributed by atoms with van der Waals surface area (Å²) >= 11 is 0. The van der Waals surface area contributed by atoms with Crippen molar-refractivity contribution in [3.8, 4) is 6.07 Å². The number of alkyl halides is 2. The van der Waals surface area contributed by atoms with Crippen molar-refractivity contribution >= 4 is 17.5 Å². The Morgan fingerprint density at radius 1 is 1.07 bits per heavy atom. The molecule has 5 atom stereocenters. The second-order valence-corrected chi connectivity index (χ2v) is 18.0. The number of hydrogen-bond donors (Lipinski definition) is 0. The number of nitriles is 1. The number of carbonyl (C=O) groups is 3. The maximum Gasteiger partial charge on any atom is 0.267 e. The van der Waals surface area contributed by atoms with Gasteiger partial charge in [-0.2, -0.15) is 5.26 Å². The SMILES string of the molecule is CC(=O)/C=C1/[C@@]2(C)C=C(C#N)C(=O)C(C)(C)[C@@H]2CC[C@@]1(C)C(C)(C)CC[C@@]1(CCC(=O)N2CCC(F)(F)C2)CCC(C)(C)CC1C. The van der Waals surface area contributed by atoms with Gasteiger partial charge >= 0.3 is 0 Å². The standard InChI is InChI=1S/C39H58F2N2O3/c1-26-22-33(3,4)15-17-38(26,14-12-31(45)43-20-19-39(40,41)25-43)18-16-34(5,6)37(10)13-11-29-35(7,8)32(46)28(24-42)23-36(29,9)30(37)21-27(2)44/h21,23,26,29H,11-20,22,25H2,1-10H3/b30-21-/t26?,29-,36-,37+,38+/m0/s1. The Labute approximate surface area is 276 Å². The number of allylic oxidation sites excluding steroid dienone is 4. The van der Waals surface area contributed by atoms with E-state index in [-0.39, 0.29) is 63.6 Å². The van der Waals surface area contributed by atoms with Gasteiger partial charge in [0.1, 0.15) is 6.07 Å². The van der Waals surface area contributed by atoms with Crippen molar-refractivity contribution in [1.29, 1.82) is 5.26 Å². The van der Waals surface area contributed by atoms with Crippen LogP contribution in [-0.2, 0) is 14.4 Å². The number of rotatable bonds is 8. The normalized spacial score (nSPS) is 36.2. The summed E-state index contributed by atoms with van der Waals surface area (Å²) in [6.07, 6.45) is 10.9. The molecule has 3 fully saturated rings. The van der Waals surface area contributed by atoms with Gasteiger partial charge in [-0.05, 0) is 97.9 Å². The van der Waals surface area contributed by atoms with Crippen molar-refractivity contribution in [2.24, 2.45) is 44.3 Å². The molecule has 0 aromatic rings. The number of ketones is 2. The van der Waals surface area contributed by atoms with E-state index in [1.807, 2.05) is 19.9 Å². The average Bonchev–Trinajstić information content (AvgIpc) is 3.31. The molecular weight excluding hydrogens is 582 g/mol. The molecule has 0 bridgehead atoms. The summed E-state index contributed by atoms with van der Waals surface area (Å²) in [5.41, 5.74) is -0.663. The van der Waals surface area contributed by atoms with Crippen LogP contribution in [0.15, 0.2) is 23.3 Å². The van der Waals surface area contributed by atoms with Gasteiger partial charge in [0.2, 0.25) is 5.91 Å². The third-order valence-electron chi connectivity index (χ3n) is 13.7. The van der Waals surface area contributed by atoms with Crippen LogP contribution in [0.4, 0.5) is 8.78 Å². The molecule has 3 aliphatic carbocycles. The molecule has 1 unspecified atom stereocenters. The van der Waals surface area contributed by atoms with Crippen LogP contribution in [0.25, 0.3) is 0 Å². The molecular formula is C39H58F2N2O3. The number of hydrogen-bond acceptors (Lipinski definition) is 4. The topological polar surface area (TPSA) is 78.2 Å². The first-order valence-corrected chi connectivity index (χ1v) is 17.5. The molecule has 1 heterocycles. The van der Waals surface area contributed by atoms with Gasteiger partial charge < -0.3 is 4.90 Å². The van der Waals surface area contributed by atoms with E-state index in [1.165, 1.54) is 4.90 Å². The summed E-state index contributed by atoms with van der Waals surface area (Å²) < 4.78 is 27.9. The van der Waals surface area contributed by atoms with Crippen molar-refractivity contribution in [1.82, 2.24) is 4.90 Å². The number of halogens is 2. The van der Waals surface area contributed by atoms with Crippen LogP contribution in [0.1, 0.15) is 133 Å². The Kier molecular flexibility index (Phi) is 9.48. The largest absolute Gasteiger partial charge is 0.336 e. The summed E-state index contributed by atoms with van der Waals surface area (Å²) in [7, 11) is 0. The Morgan fingerprint density at radius 3 is 2.26 bits per heavy atom. The Hall–Kier alpha value is -2.36. The second kappa shape index (κ2) is 12.0. The molecule has 256 valence electrons. The van der Waals surface area contributed by atoms with E-state index in [2.05, 4.69) is 54.5 Å². The molecule has 0 radical (unpaired) electrons. The second-order valence-electron chi connectivity index (χ2n) is 18.0. The first-order valence-electron chi connectivity index (χ1n) is 17.5. The van der Waals surface area contributed by atoms with Crippen LogP contribution in [0.3, 0.4) is 0 Å². The number of fused-ring (bicyclic) bond motifs is 1. The molecule has 7 heteroatoms. The van der Waals surface area contributed by atoms with Gasteiger partial charge in [0.25, 0.3) is 5.92 Å². The smallest absolute Gasteiger partial charge is 0.267 e. The molecule has 0 aromatic heterocycles. The maximum atomic E-state index is 13.9. The zero-order valence-corrected chi connectivity index (χ0v) is 30.2.